The standard InChI is InChI=1S/C16H12N6/c17-16-19-5-3-14(22-16)13-9-21-15-12(13)6-11(8-20-15)10-2-1-4-18-7-10/h1-9H,(H,20,21)(H2,17,19,22). The number of aromatic nitrogens is 5. The van der Waals surface area contributed by atoms with Gasteiger partial charge in [-0.2, -0.15) is 0 Å². The summed E-state index contributed by atoms with van der Waals surface area (Å²) in [6.07, 6.45) is 8.92. The zero-order valence-electron chi connectivity index (χ0n) is 11.6. The molecule has 3 N–H and O–H groups in total. The van der Waals surface area contributed by atoms with E-state index in [4.69, 9.17) is 5.73 Å². The molecule has 0 radical (unpaired) electrons. The van der Waals surface area contributed by atoms with Crippen molar-refractivity contribution < 1.29 is 0 Å². The molecule has 0 aliphatic rings. The van der Waals surface area contributed by atoms with Crippen LogP contribution < -0.4 is 5.73 Å². The summed E-state index contributed by atoms with van der Waals surface area (Å²) in [6, 6.07) is 7.81. The molecule has 22 heavy (non-hydrogen) atoms. The Hall–Kier alpha value is -3.28. The molecule has 0 unspecified atom stereocenters. The van der Waals surface area contributed by atoms with E-state index in [1.165, 1.54) is 0 Å². The number of pyridine rings is 2. The van der Waals surface area contributed by atoms with E-state index in [0.29, 0.717) is 0 Å². The number of nitrogens with zero attached hydrogens (tertiary/aromatic N) is 4. The third-order valence-corrected chi connectivity index (χ3v) is 3.48. The summed E-state index contributed by atoms with van der Waals surface area (Å²) in [4.78, 5) is 20.0. The normalized spacial score (nSPS) is 10.9. The van der Waals surface area contributed by atoms with Crippen LogP contribution in [0.15, 0.2) is 55.2 Å². The van der Waals surface area contributed by atoms with Crippen molar-refractivity contribution in [3.05, 3.63) is 55.2 Å². The van der Waals surface area contributed by atoms with Crippen LogP contribution in [0.5, 0.6) is 0 Å². The number of rotatable bonds is 2. The summed E-state index contributed by atoms with van der Waals surface area (Å²) in [7, 11) is 0. The molecule has 0 fully saturated rings. The summed E-state index contributed by atoms with van der Waals surface area (Å²) < 4.78 is 0. The molecule has 0 amide bonds. The Morgan fingerprint density at radius 2 is 1.95 bits per heavy atom. The Balaban J connectivity index is 1.91. The second-order valence-corrected chi connectivity index (χ2v) is 4.86. The lowest BCUT2D eigenvalue weighted by atomic mass is 10.1. The average Bonchev–Trinajstić information content (AvgIpc) is 2.99. The molecule has 0 atom stereocenters. The van der Waals surface area contributed by atoms with Crippen LogP contribution in [0.3, 0.4) is 0 Å². The number of nitrogens with two attached hydrogens (primary N) is 1. The van der Waals surface area contributed by atoms with Crippen molar-refractivity contribution in [3.8, 4) is 22.4 Å². The highest BCUT2D eigenvalue weighted by atomic mass is 15.0. The van der Waals surface area contributed by atoms with Crippen LogP contribution in [-0.4, -0.2) is 24.9 Å². The molecule has 0 aliphatic heterocycles. The minimum absolute atomic E-state index is 0.253. The van der Waals surface area contributed by atoms with E-state index < -0.39 is 0 Å². The predicted molar refractivity (Wildman–Crippen MR) is 84.8 cm³/mol. The van der Waals surface area contributed by atoms with E-state index in [1.807, 2.05) is 36.8 Å². The van der Waals surface area contributed by atoms with Crippen LogP contribution in [0.25, 0.3) is 33.4 Å². The molecule has 0 bridgehead atoms. The van der Waals surface area contributed by atoms with Gasteiger partial charge in [0.2, 0.25) is 5.95 Å². The molecule has 4 heterocycles. The SMILES string of the molecule is Nc1nccc(-c2c[nH]c3ncc(-c4cccnc4)cc23)n1. The number of H-pyrrole nitrogens is 1. The number of nitrogen functional groups attached to an aromatic ring is 1. The van der Waals surface area contributed by atoms with Gasteiger partial charge in [0.25, 0.3) is 0 Å². The second kappa shape index (κ2) is 4.92. The number of nitrogens with one attached hydrogen (secondary N) is 1. The Morgan fingerprint density at radius 1 is 1.00 bits per heavy atom. The van der Waals surface area contributed by atoms with Gasteiger partial charge in [0, 0.05) is 53.1 Å². The van der Waals surface area contributed by atoms with Crippen LogP contribution in [-0.2, 0) is 0 Å². The lowest BCUT2D eigenvalue weighted by Crippen LogP contribution is -1.94. The van der Waals surface area contributed by atoms with Crippen molar-refractivity contribution in [2.45, 2.75) is 0 Å². The molecule has 6 heteroatoms. The van der Waals surface area contributed by atoms with Crippen molar-refractivity contribution in [1.29, 1.82) is 0 Å². The van der Waals surface area contributed by atoms with Gasteiger partial charge in [-0.3, -0.25) is 4.98 Å². The van der Waals surface area contributed by atoms with Crippen LogP contribution in [0.1, 0.15) is 0 Å². The monoisotopic (exact) mass is 288 g/mol. The van der Waals surface area contributed by atoms with Crippen molar-refractivity contribution >= 4 is 17.0 Å². The minimum atomic E-state index is 0.253. The van der Waals surface area contributed by atoms with Crippen molar-refractivity contribution in [3.63, 3.8) is 0 Å². The molecule has 4 rings (SSSR count). The van der Waals surface area contributed by atoms with E-state index in [9.17, 15) is 0 Å². The molecule has 106 valence electrons. The minimum Gasteiger partial charge on any atom is -0.368 e. The van der Waals surface area contributed by atoms with E-state index in [0.717, 1.165) is 33.4 Å². The first-order chi connectivity index (χ1) is 10.8. The van der Waals surface area contributed by atoms with Gasteiger partial charge in [-0.25, -0.2) is 15.0 Å². The van der Waals surface area contributed by atoms with Crippen LogP contribution in [0.2, 0.25) is 0 Å². The summed E-state index contributed by atoms with van der Waals surface area (Å²) in [5.41, 5.74) is 10.2. The Bertz CT molecular complexity index is 945. The molecule has 0 saturated carbocycles. The van der Waals surface area contributed by atoms with E-state index in [-0.39, 0.29) is 5.95 Å². The molecule has 6 nitrogen and oxygen atoms in total. The zero-order valence-corrected chi connectivity index (χ0v) is 11.6. The average molecular weight is 288 g/mol. The number of anilines is 1. The Morgan fingerprint density at radius 3 is 2.77 bits per heavy atom. The highest BCUT2D eigenvalue weighted by Gasteiger charge is 2.10. The van der Waals surface area contributed by atoms with Crippen molar-refractivity contribution in [1.82, 2.24) is 24.9 Å². The fourth-order valence-electron chi connectivity index (χ4n) is 2.43. The predicted octanol–water partition coefficient (Wildman–Crippen LogP) is 2.66. The van der Waals surface area contributed by atoms with Gasteiger partial charge >= 0.3 is 0 Å². The first-order valence-electron chi connectivity index (χ1n) is 6.78. The maximum atomic E-state index is 5.67. The first-order valence-corrected chi connectivity index (χ1v) is 6.78. The van der Waals surface area contributed by atoms with Crippen LogP contribution in [0.4, 0.5) is 5.95 Å². The number of hydrogen-bond acceptors (Lipinski definition) is 5. The Kier molecular flexibility index (Phi) is 2.79. The van der Waals surface area contributed by atoms with Gasteiger partial charge in [0.15, 0.2) is 0 Å². The third kappa shape index (κ3) is 2.07. The maximum absolute atomic E-state index is 5.67. The zero-order chi connectivity index (χ0) is 14.9. The van der Waals surface area contributed by atoms with E-state index in [1.54, 1.807) is 12.4 Å². The highest BCUT2D eigenvalue weighted by molar-refractivity contribution is 5.94. The molecule has 0 spiro atoms. The van der Waals surface area contributed by atoms with Crippen molar-refractivity contribution in [2.24, 2.45) is 0 Å². The third-order valence-electron chi connectivity index (χ3n) is 3.48. The van der Waals surface area contributed by atoms with Crippen molar-refractivity contribution in [2.75, 3.05) is 5.73 Å². The lowest BCUT2D eigenvalue weighted by molar-refractivity contribution is 1.19. The van der Waals surface area contributed by atoms with E-state index in [2.05, 4.69) is 31.0 Å². The number of hydrogen-bond donors (Lipinski definition) is 2. The molecule has 4 aromatic rings. The fraction of sp³-hybridized carbons (Fsp3) is 0. The first kappa shape index (κ1) is 12.5. The largest absolute Gasteiger partial charge is 0.368 e. The Labute approximate surface area is 126 Å². The van der Waals surface area contributed by atoms with Gasteiger partial charge in [0.05, 0.1) is 5.69 Å². The highest BCUT2D eigenvalue weighted by Crippen LogP contribution is 2.29. The topological polar surface area (TPSA) is 93.4 Å². The molecule has 0 saturated heterocycles. The van der Waals surface area contributed by atoms with Gasteiger partial charge < -0.3 is 10.7 Å². The summed E-state index contributed by atoms with van der Waals surface area (Å²) in [6.45, 7) is 0. The summed E-state index contributed by atoms with van der Waals surface area (Å²) in [5.74, 6) is 0.253. The van der Waals surface area contributed by atoms with Gasteiger partial charge in [-0.1, -0.05) is 6.07 Å². The van der Waals surface area contributed by atoms with Gasteiger partial charge in [-0.15, -0.1) is 0 Å². The summed E-state index contributed by atoms with van der Waals surface area (Å²) in [5, 5.41) is 0.986. The fourth-order valence-corrected chi connectivity index (χ4v) is 2.43. The smallest absolute Gasteiger partial charge is 0.220 e. The van der Waals surface area contributed by atoms with Gasteiger partial charge in [-0.05, 0) is 18.2 Å². The number of fused-ring (bicyclic) bond motifs is 1. The second-order valence-electron chi connectivity index (χ2n) is 4.86. The summed E-state index contributed by atoms with van der Waals surface area (Å²) >= 11 is 0. The maximum Gasteiger partial charge on any atom is 0.220 e. The molecular weight excluding hydrogens is 276 g/mol. The molecule has 4 aromatic heterocycles. The molecule has 0 aliphatic carbocycles. The van der Waals surface area contributed by atoms with Gasteiger partial charge in [0.1, 0.15) is 5.65 Å². The number of aromatic amines is 1. The van der Waals surface area contributed by atoms with E-state index >= 15 is 0 Å². The van der Waals surface area contributed by atoms with Crippen LogP contribution >= 0.6 is 0 Å². The quantitative estimate of drug-likeness (QED) is 0.591. The van der Waals surface area contributed by atoms with Crippen LogP contribution in [0, 0.1) is 0 Å². The molecule has 0 aromatic carbocycles. The molecular formula is C16H12N6. The lowest BCUT2D eigenvalue weighted by Gasteiger charge is -2.03.